The van der Waals surface area contributed by atoms with Gasteiger partial charge in [-0.2, -0.15) is 5.10 Å². The van der Waals surface area contributed by atoms with Crippen LogP contribution in [0.4, 0.5) is 5.82 Å². The summed E-state index contributed by atoms with van der Waals surface area (Å²) in [5.74, 6) is 3.01. The van der Waals surface area contributed by atoms with Gasteiger partial charge in [0.2, 0.25) is 0 Å². The molecule has 4 nitrogen and oxygen atoms in total. The summed E-state index contributed by atoms with van der Waals surface area (Å²) >= 11 is 0. The lowest BCUT2D eigenvalue weighted by atomic mass is 9.89. The molecule has 1 N–H and O–H groups in total. The highest BCUT2D eigenvalue weighted by Gasteiger charge is 2.24. The standard InChI is InChI=1S/C17H32N4/c1-6-18-12-16-14(4)19-20(5)17(16)21-10-7-8-15(9-11-21)13(2)3/h13,15,18H,6-12H2,1-5H3. The van der Waals surface area contributed by atoms with Crippen LogP contribution in [0.15, 0.2) is 0 Å². The van der Waals surface area contributed by atoms with E-state index in [2.05, 4.69) is 54.7 Å². The fourth-order valence-electron chi connectivity index (χ4n) is 3.54. The SMILES string of the molecule is CCNCc1c(C)nn(C)c1N1CCCC(C(C)C)CC1. The van der Waals surface area contributed by atoms with Crippen LogP contribution >= 0.6 is 0 Å². The largest absolute Gasteiger partial charge is 0.357 e. The van der Waals surface area contributed by atoms with E-state index in [0.29, 0.717) is 0 Å². The summed E-state index contributed by atoms with van der Waals surface area (Å²) in [6, 6.07) is 0. The highest BCUT2D eigenvalue weighted by atomic mass is 15.4. The maximum atomic E-state index is 4.66. The summed E-state index contributed by atoms with van der Waals surface area (Å²) in [6.45, 7) is 13.3. The summed E-state index contributed by atoms with van der Waals surface area (Å²) in [7, 11) is 2.09. The van der Waals surface area contributed by atoms with Crippen molar-refractivity contribution < 1.29 is 0 Å². The number of nitrogens with zero attached hydrogens (tertiary/aromatic N) is 3. The van der Waals surface area contributed by atoms with E-state index in [4.69, 9.17) is 0 Å². The van der Waals surface area contributed by atoms with Gasteiger partial charge in [-0.25, -0.2) is 0 Å². The van der Waals surface area contributed by atoms with Crippen LogP contribution in [0.25, 0.3) is 0 Å². The van der Waals surface area contributed by atoms with E-state index in [0.717, 1.165) is 30.6 Å². The minimum Gasteiger partial charge on any atom is -0.357 e. The lowest BCUT2D eigenvalue weighted by Gasteiger charge is -2.25. The van der Waals surface area contributed by atoms with Gasteiger partial charge >= 0.3 is 0 Å². The van der Waals surface area contributed by atoms with Gasteiger partial charge in [-0.1, -0.05) is 20.8 Å². The average molecular weight is 292 g/mol. The van der Waals surface area contributed by atoms with E-state index in [1.165, 1.54) is 43.7 Å². The molecule has 0 amide bonds. The van der Waals surface area contributed by atoms with Crippen molar-refractivity contribution in [3.8, 4) is 0 Å². The van der Waals surface area contributed by atoms with Gasteiger partial charge in [0.15, 0.2) is 0 Å². The molecule has 1 aromatic heterocycles. The van der Waals surface area contributed by atoms with E-state index in [1.807, 2.05) is 0 Å². The normalized spacial score (nSPS) is 20.1. The molecule has 1 saturated heterocycles. The van der Waals surface area contributed by atoms with Crippen LogP contribution in [-0.4, -0.2) is 29.4 Å². The number of rotatable bonds is 5. The molecule has 0 spiro atoms. The summed E-state index contributed by atoms with van der Waals surface area (Å²) in [5.41, 5.74) is 2.54. The predicted molar refractivity (Wildman–Crippen MR) is 89.7 cm³/mol. The van der Waals surface area contributed by atoms with Crippen LogP contribution in [0.1, 0.15) is 51.3 Å². The van der Waals surface area contributed by atoms with Gasteiger partial charge in [-0.15, -0.1) is 0 Å². The molecule has 120 valence electrons. The van der Waals surface area contributed by atoms with Crippen LogP contribution in [0.5, 0.6) is 0 Å². The van der Waals surface area contributed by atoms with Crippen molar-refractivity contribution in [2.24, 2.45) is 18.9 Å². The Morgan fingerprint density at radius 3 is 2.71 bits per heavy atom. The second-order valence-electron chi connectivity index (χ2n) is 6.71. The molecule has 2 rings (SSSR count). The van der Waals surface area contributed by atoms with Crippen LogP contribution in [0.3, 0.4) is 0 Å². The summed E-state index contributed by atoms with van der Waals surface area (Å²) in [4.78, 5) is 2.56. The van der Waals surface area contributed by atoms with Gasteiger partial charge in [0.05, 0.1) is 5.69 Å². The molecule has 0 aromatic carbocycles. The predicted octanol–water partition coefficient (Wildman–Crippen LogP) is 3.10. The average Bonchev–Trinajstić information content (AvgIpc) is 2.63. The van der Waals surface area contributed by atoms with E-state index in [-0.39, 0.29) is 0 Å². The van der Waals surface area contributed by atoms with Gasteiger partial charge < -0.3 is 10.2 Å². The quantitative estimate of drug-likeness (QED) is 0.905. The molecule has 21 heavy (non-hydrogen) atoms. The fraction of sp³-hybridized carbons (Fsp3) is 0.824. The molecule has 1 aromatic rings. The number of aryl methyl sites for hydroxylation is 2. The zero-order valence-corrected chi connectivity index (χ0v) is 14.4. The van der Waals surface area contributed by atoms with Crippen LogP contribution in [0.2, 0.25) is 0 Å². The van der Waals surface area contributed by atoms with E-state index in [9.17, 15) is 0 Å². The number of hydrogen-bond acceptors (Lipinski definition) is 3. The summed E-state index contributed by atoms with van der Waals surface area (Å²) < 4.78 is 2.08. The Kier molecular flexibility index (Phi) is 5.68. The van der Waals surface area contributed by atoms with Crippen molar-refractivity contribution in [2.75, 3.05) is 24.5 Å². The molecule has 1 atom stereocenters. The molecule has 0 aliphatic carbocycles. The second kappa shape index (κ2) is 7.30. The zero-order valence-electron chi connectivity index (χ0n) is 14.4. The second-order valence-corrected chi connectivity index (χ2v) is 6.71. The highest BCUT2D eigenvalue weighted by molar-refractivity contribution is 5.50. The third kappa shape index (κ3) is 3.79. The molecule has 1 aliphatic heterocycles. The van der Waals surface area contributed by atoms with Crippen molar-refractivity contribution in [3.63, 3.8) is 0 Å². The Bertz CT molecular complexity index is 450. The van der Waals surface area contributed by atoms with Crippen molar-refractivity contribution in [2.45, 2.75) is 53.5 Å². The minimum absolute atomic E-state index is 0.805. The smallest absolute Gasteiger partial charge is 0.131 e. The first-order valence-corrected chi connectivity index (χ1v) is 8.52. The number of aromatic nitrogens is 2. The molecule has 1 aliphatic rings. The first-order valence-electron chi connectivity index (χ1n) is 8.52. The number of nitrogens with one attached hydrogen (secondary N) is 1. The van der Waals surface area contributed by atoms with E-state index in [1.54, 1.807) is 0 Å². The maximum Gasteiger partial charge on any atom is 0.131 e. The molecule has 4 heteroatoms. The molecule has 2 heterocycles. The summed E-state index contributed by atoms with van der Waals surface area (Å²) in [5, 5.41) is 8.12. The van der Waals surface area contributed by atoms with Gasteiger partial charge in [-0.3, -0.25) is 4.68 Å². The van der Waals surface area contributed by atoms with Gasteiger partial charge in [-0.05, 0) is 44.6 Å². The molecule has 0 radical (unpaired) electrons. The van der Waals surface area contributed by atoms with Crippen molar-refractivity contribution in [3.05, 3.63) is 11.3 Å². The van der Waals surface area contributed by atoms with Gasteiger partial charge in [0.1, 0.15) is 5.82 Å². The third-order valence-electron chi connectivity index (χ3n) is 4.88. The third-order valence-corrected chi connectivity index (χ3v) is 4.88. The molecule has 1 fully saturated rings. The maximum absolute atomic E-state index is 4.66. The lowest BCUT2D eigenvalue weighted by Crippen LogP contribution is -2.28. The molecular weight excluding hydrogens is 260 g/mol. The van der Waals surface area contributed by atoms with E-state index < -0.39 is 0 Å². The highest BCUT2D eigenvalue weighted by Crippen LogP contribution is 2.29. The first-order chi connectivity index (χ1) is 10.0. The molecule has 0 saturated carbocycles. The Morgan fingerprint density at radius 1 is 1.29 bits per heavy atom. The summed E-state index contributed by atoms with van der Waals surface area (Å²) in [6.07, 6.45) is 3.98. The van der Waals surface area contributed by atoms with Crippen molar-refractivity contribution in [1.82, 2.24) is 15.1 Å². The monoisotopic (exact) mass is 292 g/mol. The van der Waals surface area contributed by atoms with Crippen molar-refractivity contribution >= 4 is 5.82 Å². The Labute approximate surface area is 129 Å². The Morgan fingerprint density at radius 2 is 2.05 bits per heavy atom. The lowest BCUT2D eigenvalue weighted by molar-refractivity contribution is 0.351. The van der Waals surface area contributed by atoms with Gasteiger partial charge in [0.25, 0.3) is 0 Å². The molecule has 0 bridgehead atoms. The number of anilines is 1. The fourth-order valence-corrected chi connectivity index (χ4v) is 3.54. The van der Waals surface area contributed by atoms with Crippen LogP contribution < -0.4 is 10.2 Å². The Balaban J connectivity index is 2.17. The van der Waals surface area contributed by atoms with Crippen LogP contribution in [-0.2, 0) is 13.6 Å². The van der Waals surface area contributed by atoms with Gasteiger partial charge in [0, 0.05) is 32.2 Å². The molecule has 1 unspecified atom stereocenters. The van der Waals surface area contributed by atoms with Crippen LogP contribution in [0, 0.1) is 18.8 Å². The molecular formula is C17H32N4. The topological polar surface area (TPSA) is 33.1 Å². The zero-order chi connectivity index (χ0) is 15.4. The van der Waals surface area contributed by atoms with Crippen molar-refractivity contribution in [1.29, 1.82) is 0 Å². The first kappa shape index (κ1) is 16.3. The van der Waals surface area contributed by atoms with E-state index >= 15 is 0 Å². The Hall–Kier alpha value is -1.03. The number of hydrogen-bond donors (Lipinski definition) is 1. The minimum atomic E-state index is 0.805.